The summed E-state index contributed by atoms with van der Waals surface area (Å²) >= 11 is 0. The molecule has 0 bridgehead atoms. The predicted molar refractivity (Wildman–Crippen MR) is 93.4 cm³/mol. The van der Waals surface area contributed by atoms with E-state index in [2.05, 4.69) is 0 Å². The molecule has 0 saturated heterocycles. The topological polar surface area (TPSA) is 35.5 Å². The summed E-state index contributed by atoms with van der Waals surface area (Å²) < 4.78 is 11.1. The fourth-order valence-corrected chi connectivity index (χ4v) is 2.28. The van der Waals surface area contributed by atoms with Crippen molar-refractivity contribution in [1.82, 2.24) is 0 Å². The summed E-state index contributed by atoms with van der Waals surface area (Å²) in [5.41, 5.74) is 2.67. The smallest absolute Gasteiger partial charge is 0.343 e. The molecule has 0 aliphatic heterocycles. The zero-order chi connectivity index (χ0) is 16.8. The summed E-state index contributed by atoms with van der Waals surface area (Å²) in [5.74, 6) is 0.861. The first kappa shape index (κ1) is 15.8. The van der Waals surface area contributed by atoms with Gasteiger partial charge in [0.25, 0.3) is 0 Å². The number of benzene rings is 3. The van der Waals surface area contributed by atoms with Crippen LogP contribution in [0.5, 0.6) is 11.5 Å². The lowest BCUT2D eigenvalue weighted by atomic mass is 10.1. The molecule has 0 atom stereocenters. The van der Waals surface area contributed by atoms with Crippen molar-refractivity contribution in [3.63, 3.8) is 0 Å². The fourth-order valence-electron chi connectivity index (χ4n) is 2.28. The van der Waals surface area contributed by atoms with Crippen LogP contribution in [-0.4, -0.2) is 5.97 Å². The molecule has 3 rings (SSSR count). The molecule has 0 heterocycles. The maximum absolute atomic E-state index is 12.1. The molecule has 24 heavy (non-hydrogen) atoms. The molecule has 0 amide bonds. The Hall–Kier alpha value is -3.07. The van der Waals surface area contributed by atoms with Gasteiger partial charge in [-0.2, -0.15) is 0 Å². The number of esters is 1. The van der Waals surface area contributed by atoms with Gasteiger partial charge in [0, 0.05) is 0 Å². The second-order valence-corrected chi connectivity index (χ2v) is 5.50. The Bertz CT molecular complexity index is 808. The minimum atomic E-state index is -0.364. The SMILES string of the molecule is Cc1cccc(C(=O)Oc2ccc(OCc3ccccc3)cc2)c1. The monoisotopic (exact) mass is 318 g/mol. The summed E-state index contributed by atoms with van der Waals surface area (Å²) in [6.45, 7) is 2.44. The largest absolute Gasteiger partial charge is 0.489 e. The fraction of sp³-hybridized carbons (Fsp3) is 0.0952. The molecule has 0 aliphatic carbocycles. The third-order valence-electron chi connectivity index (χ3n) is 3.54. The van der Waals surface area contributed by atoms with Crippen molar-refractivity contribution in [2.24, 2.45) is 0 Å². The molecule has 0 N–H and O–H groups in total. The highest BCUT2D eigenvalue weighted by molar-refractivity contribution is 5.91. The van der Waals surface area contributed by atoms with Gasteiger partial charge in [0.15, 0.2) is 0 Å². The van der Waals surface area contributed by atoms with Crippen molar-refractivity contribution >= 4 is 5.97 Å². The molecule has 120 valence electrons. The maximum atomic E-state index is 12.1. The van der Waals surface area contributed by atoms with Gasteiger partial charge in [-0.1, -0.05) is 48.0 Å². The number of hydrogen-bond acceptors (Lipinski definition) is 3. The zero-order valence-corrected chi connectivity index (χ0v) is 13.4. The average molecular weight is 318 g/mol. The first-order valence-corrected chi connectivity index (χ1v) is 7.76. The van der Waals surface area contributed by atoms with Gasteiger partial charge in [-0.15, -0.1) is 0 Å². The van der Waals surface area contributed by atoms with E-state index in [1.54, 1.807) is 36.4 Å². The molecular formula is C21H18O3. The highest BCUT2D eigenvalue weighted by Gasteiger charge is 2.08. The van der Waals surface area contributed by atoms with Gasteiger partial charge in [-0.25, -0.2) is 4.79 Å². The second-order valence-electron chi connectivity index (χ2n) is 5.50. The molecule has 3 nitrogen and oxygen atoms in total. The molecule has 0 spiro atoms. The summed E-state index contributed by atoms with van der Waals surface area (Å²) in [5, 5.41) is 0. The van der Waals surface area contributed by atoms with Crippen LogP contribution in [0, 0.1) is 6.92 Å². The Morgan fingerprint density at radius 2 is 1.54 bits per heavy atom. The van der Waals surface area contributed by atoms with Crippen LogP contribution < -0.4 is 9.47 Å². The predicted octanol–water partition coefficient (Wildman–Crippen LogP) is 4.79. The maximum Gasteiger partial charge on any atom is 0.343 e. The summed E-state index contributed by atoms with van der Waals surface area (Å²) in [7, 11) is 0. The number of aryl methyl sites for hydroxylation is 1. The van der Waals surface area contributed by atoms with E-state index in [1.807, 2.05) is 49.4 Å². The first-order valence-electron chi connectivity index (χ1n) is 7.76. The van der Waals surface area contributed by atoms with E-state index in [1.165, 1.54) is 0 Å². The molecule has 3 aromatic carbocycles. The molecule has 3 heteroatoms. The van der Waals surface area contributed by atoms with E-state index in [0.29, 0.717) is 17.9 Å². The van der Waals surface area contributed by atoms with Gasteiger partial charge in [-0.3, -0.25) is 0 Å². The van der Waals surface area contributed by atoms with E-state index < -0.39 is 0 Å². The summed E-state index contributed by atoms with van der Waals surface area (Å²) in [4.78, 5) is 12.1. The van der Waals surface area contributed by atoms with Crippen molar-refractivity contribution in [3.8, 4) is 11.5 Å². The molecule has 0 radical (unpaired) electrons. The van der Waals surface area contributed by atoms with Crippen molar-refractivity contribution in [2.75, 3.05) is 0 Å². The number of ether oxygens (including phenoxy) is 2. The van der Waals surface area contributed by atoms with Crippen molar-refractivity contribution in [3.05, 3.63) is 95.6 Å². The minimum absolute atomic E-state index is 0.364. The lowest BCUT2D eigenvalue weighted by molar-refractivity contribution is 0.0734. The highest BCUT2D eigenvalue weighted by Crippen LogP contribution is 2.20. The van der Waals surface area contributed by atoms with E-state index >= 15 is 0 Å². The van der Waals surface area contributed by atoms with Crippen LogP contribution in [0.2, 0.25) is 0 Å². The first-order chi connectivity index (χ1) is 11.7. The van der Waals surface area contributed by atoms with Crippen LogP contribution in [0.25, 0.3) is 0 Å². The summed E-state index contributed by atoms with van der Waals surface area (Å²) in [6.07, 6.45) is 0. The van der Waals surface area contributed by atoms with Crippen molar-refractivity contribution < 1.29 is 14.3 Å². The van der Waals surface area contributed by atoms with Crippen molar-refractivity contribution in [2.45, 2.75) is 13.5 Å². The van der Waals surface area contributed by atoms with Gasteiger partial charge < -0.3 is 9.47 Å². The number of carbonyl (C=O) groups excluding carboxylic acids is 1. The van der Waals surface area contributed by atoms with Crippen LogP contribution in [0.1, 0.15) is 21.5 Å². The number of rotatable bonds is 5. The lowest BCUT2D eigenvalue weighted by Gasteiger charge is -2.08. The Morgan fingerprint density at radius 3 is 2.25 bits per heavy atom. The standard InChI is InChI=1S/C21H18O3/c1-16-6-5-9-18(14-16)21(22)24-20-12-10-19(11-13-20)23-15-17-7-3-2-4-8-17/h2-14H,15H2,1H3. The quantitative estimate of drug-likeness (QED) is 0.501. The molecule has 0 aliphatic rings. The Balaban J connectivity index is 1.59. The third kappa shape index (κ3) is 4.23. The molecule has 0 unspecified atom stereocenters. The van der Waals surface area contributed by atoms with Crippen LogP contribution in [0.15, 0.2) is 78.9 Å². The lowest BCUT2D eigenvalue weighted by Crippen LogP contribution is -2.08. The zero-order valence-electron chi connectivity index (χ0n) is 13.4. The Kier molecular flexibility index (Phi) is 4.92. The van der Waals surface area contributed by atoms with Crippen molar-refractivity contribution in [1.29, 1.82) is 0 Å². The van der Waals surface area contributed by atoms with Crippen LogP contribution >= 0.6 is 0 Å². The Morgan fingerprint density at radius 1 is 0.833 bits per heavy atom. The second kappa shape index (κ2) is 7.47. The normalized spacial score (nSPS) is 10.2. The third-order valence-corrected chi connectivity index (χ3v) is 3.54. The number of carbonyl (C=O) groups is 1. The van der Waals surface area contributed by atoms with Crippen LogP contribution in [0.3, 0.4) is 0 Å². The van der Waals surface area contributed by atoms with E-state index in [0.717, 1.165) is 16.9 Å². The van der Waals surface area contributed by atoms with Gasteiger partial charge in [-0.05, 0) is 48.9 Å². The van der Waals surface area contributed by atoms with Gasteiger partial charge in [0.1, 0.15) is 18.1 Å². The molecule has 3 aromatic rings. The van der Waals surface area contributed by atoms with Gasteiger partial charge >= 0.3 is 5.97 Å². The Labute approximate surface area is 141 Å². The van der Waals surface area contributed by atoms with Crippen LogP contribution in [-0.2, 0) is 6.61 Å². The molecule has 0 fully saturated rings. The molecular weight excluding hydrogens is 300 g/mol. The number of hydrogen-bond donors (Lipinski definition) is 0. The van der Waals surface area contributed by atoms with Gasteiger partial charge in [0.05, 0.1) is 5.56 Å². The van der Waals surface area contributed by atoms with E-state index in [4.69, 9.17) is 9.47 Å². The van der Waals surface area contributed by atoms with E-state index in [9.17, 15) is 4.79 Å². The summed E-state index contributed by atoms with van der Waals surface area (Å²) in [6, 6.07) is 24.3. The van der Waals surface area contributed by atoms with Crippen LogP contribution in [0.4, 0.5) is 0 Å². The van der Waals surface area contributed by atoms with E-state index in [-0.39, 0.29) is 5.97 Å². The molecule has 0 saturated carbocycles. The highest BCUT2D eigenvalue weighted by atomic mass is 16.5. The molecule has 0 aromatic heterocycles. The van der Waals surface area contributed by atoms with Gasteiger partial charge in [0.2, 0.25) is 0 Å². The minimum Gasteiger partial charge on any atom is -0.489 e. The average Bonchev–Trinajstić information content (AvgIpc) is 2.62.